The Bertz CT molecular complexity index is 1030. The molecular formula is C17H12Cl2N5. The Kier molecular flexibility index (Phi) is 3.75. The summed E-state index contributed by atoms with van der Waals surface area (Å²) >= 11 is 12.2. The van der Waals surface area contributed by atoms with Gasteiger partial charge in [-0.1, -0.05) is 23.2 Å². The number of benzene rings is 1. The highest BCUT2D eigenvalue weighted by Crippen LogP contribution is 2.23. The van der Waals surface area contributed by atoms with Gasteiger partial charge in [0, 0.05) is 34.1 Å². The second-order valence-electron chi connectivity index (χ2n) is 5.51. The maximum absolute atomic E-state index is 6.21. The lowest BCUT2D eigenvalue weighted by Crippen LogP contribution is -2.00. The Morgan fingerprint density at radius 1 is 1.17 bits per heavy atom. The molecule has 0 N–H and O–H groups in total. The van der Waals surface area contributed by atoms with Gasteiger partial charge in [-0.25, -0.2) is 9.97 Å². The molecule has 0 amide bonds. The molecule has 24 heavy (non-hydrogen) atoms. The third kappa shape index (κ3) is 2.88. The number of hydrogen-bond acceptors (Lipinski definition) is 3. The van der Waals surface area contributed by atoms with Crippen molar-refractivity contribution < 1.29 is 0 Å². The summed E-state index contributed by atoms with van der Waals surface area (Å²) in [6.07, 6.45) is 8.51. The molecular weight excluding hydrogens is 345 g/mol. The van der Waals surface area contributed by atoms with Crippen molar-refractivity contribution in [1.29, 1.82) is 0 Å². The van der Waals surface area contributed by atoms with Gasteiger partial charge in [0.15, 0.2) is 6.33 Å². The van der Waals surface area contributed by atoms with Crippen LogP contribution in [0.15, 0.2) is 42.9 Å². The molecule has 1 radical (unpaired) electrons. The highest BCUT2D eigenvalue weighted by atomic mass is 35.5. The van der Waals surface area contributed by atoms with Crippen LogP contribution < -0.4 is 0 Å². The number of aromatic nitrogens is 5. The second-order valence-corrected chi connectivity index (χ2v) is 6.36. The van der Waals surface area contributed by atoms with Gasteiger partial charge in [0.25, 0.3) is 0 Å². The molecule has 0 atom stereocenters. The standard InChI is InChI=1S/C17H12Cl2N5/c1-11-7-23-10-20-16(5-17(23)22-11)13-6-21-24(9-13)8-12-4-14(18)2-3-15(12)19/h2-7,9H,8H2,1H3. The summed E-state index contributed by atoms with van der Waals surface area (Å²) in [5.74, 6) is 0. The van der Waals surface area contributed by atoms with E-state index in [-0.39, 0.29) is 0 Å². The summed E-state index contributed by atoms with van der Waals surface area (Å²) in [6.45, 7) is 2.47. The molecule has 0 aliphatic carbocycles. The van der Waals surface area contributed by atoms with Gasteiger partial charge in [0.05, 0.1) is 24.1 Å². The Labute approximate surface area is 148 Å². The number of hydrogen-bond donors (Lipinski definition) is 0. The van der Waals surface area contributed by atoms with Crippen molar-refractivity contribution in [2.24, 2.45) is 0 Å². The highest BCUT2D eigenvalue weighted by molar-refractivity contribution is 6.33. The molecule has 3 heterocycles. The molecule has 5 nitrogen and oxygen atoms in total. The fraction of sp³-hybridized carbons (Fsp3) is 0.118. The number of rotatable bonds is 3. The molecule has 4 rings (SSSR count). The van der Waals surface area contributed by atoms with Crippen LogP contribution >= 0.6 is 23.2 Å². The average Bonchev–Trinajstić information content (AvgIpc) is 3.15. The monoisotopic (exact) mass is 356 g/mol. The van der Waals surface area contributed by atoms with Crippen LogP contribution in [0.25, 0.3) is 16.9 Å². The maximum atomic E-state index is 6.21. The molecule has 0 spiro atoms. The van der Waals surface area contributed by atoms with Gasteiger partial charge in [-0.3, -0.25) is 9.08 Å². The molecule has 0 bridgehead atoms. The normalized spacial score (nSPS) is 11.3. The highest BCUT2D eigenvalue weighted by Gasteiger charge is 2.08. The summed E-state index contributed by atoms with van der Waals surface area (Å²) in [5.41, 5.74) is 4.32. The maximum Gasteiger partial charge on any atom is 0.183 e. The zero-order valence-electron chi connectivity index (χ0n) is 12.7. The minimum atomic E-state index is 0.536. The molecule has 0 aliphatic heterocycles. The Morgan fingerprint density at radius 2 is 2.04 bits per heavy atom. The van der Waals surface area contributed by atoms with E-state index < -0.39 is 0 Å². The zero-order valence-corrected chi connectivity index (χ0v) is 14.3. The SMILES string of the molecule is Cc1cn2[c]nc(-c3cnn(Cc4cc(Cl)ccc4Cl)c3)cc2n1. The van der Waals surface area contributed by atoms with Gasteiger partial charge >= 0.3 is 0 Å². The Hall–Kier alpha value is -2.37. The molecule has 119 valence electrons. The van der Waals surface area contributed by atoms with E-state index in [1.54, 1.807) is 27.4 Å². The topological polar surface area (TPSA) is 48.0 Å². The van der Waals surface area contributed by atoms with E-state index in [2.05, 4.69) is 21.4 Å². The summed E-state index contributed by atoms with van der Waals surface area (Å²) in [7, 11) is 0. The van der Waals surface area contributed by atoms with Gasteiger partial charge in [-0.15, -0.1) is 0 Å². The fourth-order valence-electron chi connectivity index (χ4n) is 2.53. The average molecular weight is 357 g/mol. The summed E-state index contributed by atoms with van der Waals surface area (Å²) in [4.78, 5) is 8.77. The number of nitrogens with zero attached hydrogens (tertiary/aromatic N) is 5. The quantitative estimate of drug-likeness (QED) is 0.556. The third-order valence-corrected chi connectivity index (χ3v) is 4.27. The van der Waals surface area contributed by atoms with E-state index in [1.165, 1.54) is 0 Å². The zero-order chi connectivity index (χ0) is 16.7. The van der Waals surface area contributed by atoms with E-state index >= 15 is 0 Å². The van der Waals surface area contributed by atoms with E-state index in [0.29, 0.717) is 16.6 Å². The summed E-state index contributed by atoms with van der Waals surface area (Å²) in [5, 5.41) is 5.69. The second kappa shape index (κ2) is 5.92. The van der Waals surface area contributed by atoms with E-state index in [0.717, 1.165) is 28.2 Å². The van der Waals surface area contributed by atoms with Crippen LogP contribution in [0.5, 0.6) is 0 Å². The summed E-state index contributed by atoms with van der Waals surface area (Å²) in [6, 6.07) is 7.31. The van der Waals surface area contributed by atoms with Crippen LogP contribution in [-0.4, -0.2) is 24.1 Å². The van der Waals surface area contributed by atoms with Crippen molar-refractivity contribution in [3.63, 3.8) is 0 Å². The first-order valence-electron chi connectivity index (χ1n) is 7.30. The molecule has 0 unspecified atom stereocenters. The molecule has 0 saturated carbocycles. The van der Waals surface area contributed by atoms with Crippen LogP contribution in [0.4, 0.5) is 0 Å². The first-order valence-corrected chi connectivity index (χ1v) is 8.05. The van der Waals surface area contributed by atoms with Crippen LogP contribution in [-0.2, 0) is 6.54 Å². The van der Waals surface area contributed by atoms with Crippen molar-refractivity contribution in [1.82, 2.24) is 24.1 Å². The van der Waals surface area contributed by atoms with Crippen molar-refractivity contribution in [3.8, 4) is 11.3 Å². The lowest BCUT2D eigenvalue weighted by Gasteiger charge is -2.05. The van der Waals surface area contributed by atoms with Gasteiger partial charge in [0.2, 0.25) is 0 Å². The molecule has 0 saturated heterocycles. The predicted molar refractivity (Wildman–Crippen MR) is 93.3 cm³/mol. The van der Waals surface area contributed by atoms with Crippen molar-refractivity contribution >= 4 is 28.8 Å². The van der Waals surface area contributed by atoms with Crippen LogP contribution in [0.3, 0.4) is 0 Å². The minimum absolute atomic E-state index is 0.536. The molecule has 4 aromatic rings. The lowest BCUT2D eigenvalue weighted by molar-refractivity contribution is 0.687. The molecule has 7 heteroatoms. The number of imidazole rings is 1. The van der Waals surface area contributed by atoms with Gasteiger partial charge < -0.3 is 0 Å². The van der Waals surface area contributed by atoms with Gasteiger partial charge in [-0.05, 0) is 30.7 Å². The van der Waals surface area contributed by atoms with Gasteiger partial charge in [0.1, 0.15) is 5.65 Å². The molecule has 3 aromatic heterocycles. The summed E-state index contributed by atoms with van der Waals surface area (Å²) < 4.78 is 3.57. The van der Waals surface area contributed by atoms with E-state index in [1.807, 2.05) is 31.5 Å². The third-order valence-electron chi connectivity index (χ3n) is 3.67. The largest absolute Gasteiger partial charge is 0.281 e. The van der Waals surface area contributed by atoms with E-state index in [4.69, 9.17) is 23.2 Å². The van der Waals surface area contributed by atoms with Crippen molar-refractivity contribution in [2.45, 2.75) is 13.5 Å². The first kappa shape index (κ1) is 15.2. The molecule has 0 aliphatic rings. The van der Waals surface area contributed by atoms with Crippen molar-refractivity contribution in [2.75, 3.05) is 0 Å². The van der Waals surface area contributed by atoms with Crippen LogP contribution in [0.2, 0.25) is 10.0 Å². The molecule has 0 fully saturated rings. The number of aryl methyl sites for hydroxylation is 1. The molecule has 1 aromatic carbocycles. The number of fused-ring (bicyclic) bond motifs is 1. The number of halogens is 2. The Balaban J connectivity index is 1.64. The first-order chi connectivity index (χ1) is 11.6. The predicted octanol–water partition coefficient (Wildman–Crippen LogP) is 4.06. The van der Waals surface area contributed by atoms with Crippen molar-refractivity contribution in [3.05, 3.63) is 70.5 Å². The smallest absolute Gasteiger partial charge is 0.183 e. The van der Waals surface area contributed by atoms with E-state index in [9.17, 15) is 0 Å². The van der Waals surface area contributed by atoms with Crippen LogP contribution in [0, 0.1) is 13.3 Å². The van der Waals surface area contributed by atoms with Crippen LogP contribution in [0.1, 0.15) is 11.3 Å². The minimum Gasteiger partial charge on any atom is -0.281 e. The fourth-order valence-corrected chi connectivity index (χ4v) is 2.90. The Morgan fingerprint density at radius 3 is 2.92 bits per heavy atom. The van der Waals surface area contributed by atoms with Gasteiger partial charge in [-0.2, -0.15) is 5.10 Å². The lowest BCUT2D eigenvalue weighted by atomic mass is 10.2.